The molecule has 0 saturated carbocycles. The summed E-state index contributed by atoms with van der Waals surface area (Å²) in [5.74, 6) is 0.461. The van der Waals surface area contributed by atoms with Crippen LogP contribution in [0.4, 0.5) is 0 Å². The summed E-state index contributed by atoms with van der Waals surface area (Å²) in [6.07, 6.45) is 0. The van der Waals surface area contributed by atoms with Gasteiger partial charge in [0.15, 0.2) is 0 Å². The number of hydrogen-bond donors (Lipinski definition) is 1. The fourth-order valence-corrected chi connectivity index (χ4v) is 0.849. The Bertz CT molecular complexity index is 122. The molecule has 0 aromatic heterocycles. The van der Waals surface area contributed by atoms with Gasteiger partial charge in [-0.25, -0.2) is 5.48 Å². The summed E-state index contributed by atoms with van der Waals surface area (Å²) in [7, 11) is 0. The number of carbonyl (C=O) groups is 1. The van der Waals surface area contributed by atoms with Crippen LogP contribution in [0.5, 0.6) is 0 Å². The van der Waals surface area contributed by atoms with Gasteiger partial charge >= 0.3 is 0 Å². The molecule has 1 aliphatic heterocycles. The highest BCUT2D eigenvalue weighted by Crippen LogP contribution is 2.14. The van der Waals surface area contributed by atoms with Crippen molar-refractivity contribution in [3.05, 3.63) is 0 Å². The quantitative estimate of drug-likeness (QED) is 0.553. The van der Waals surface area contributed by atoms with E-state index >= 15 is 0 Å². The molecule has 1 N–H and O–H groups in total. The van der Waals surface area contributed by atoms with Gasteiger partial charge in [0.1, 0.15) is 0 Å². The van der Waals surface area contributed by atoms with Gasteiger partial charge in [0, 0.05) is 0 Å². The minimum atomic E-state index is 0.0185. The number of rotatable bonds is 1. The van der Waals surface area contributed by atoms with Crippen molar-refractivity contribution in [3.63, 3.8) is 0 Å². The monoisotopic (exact) mass is 129 g/mol. The molecule has 3 nitrogen and oxygen atoms in total. The van der Waals surface area contributed by atoms with Gasteiger partial charge in [-0.15, -0.1) is 0 Å². The van der Waals surface area contributed by atoms with Gasteiger partial charge in [0.05, 0.1) is 12.5 Å². The number of hydrogen-bond acceptors (Lipinski definition) is 2. The maximum atomic E-state index is 10.8. The Balaban J connectivity index is 2.49. The van der Waals surface area contributed by atoms with Crippen molar-refractivity contribution in [1.29, 1.82) is 0 Å². The Morgan fingerprint density at radius 2 is 2.44 bits per heavy atom. The van der Waals surface area contributed by atoms with Crippen LogP contribution < -0.4 is 5.48 Å². The summed E-state index contributed by atoms with van der Waals surface area (Å²) in [6, 6.07) is 0. The summed E-state index contributed by atoms with van der Waals surface area (Å²) in [6.45, 7) is 4.55. The standard InChI is InChI=1S/C6H11NO2/c1-4(2)5-3-9-7-6(5)8/h4-5H,3H2,1-2H3,(H,7,8)/t5-/m1/s1. The van der Waals surface area contributed by atoms with E-state index in [1.54, 1.807) is 0 Å². The number of hydroxylamine groups is 1. The van der Waals surface area contributed by atoms with Crippen molar-refractivity contribution in [2.75, 3.05) is 6.61 Å². The maximum absolute atomic E-state index is 10.8. The van der Waals surface area contributed by atoms with Crippen LogP contribution in [0.1, 0.15) is 13.8 Å². The molecule has 9 heavy (non-hydrogen) atoms. The Morgan fingerprint density at radius 3 is 2.67 bits per heavy atom. The smallest absolute Gasteiger partial charge is 0.249 e. The molecule has 0 aromatic carbocycles. The van der Waals surface area contributed by atoms with Crippen molar-refractivity contribution in [3.8, 4) is 0 Å². The van der Waals surface area contributed by atoms with Crippen molar-refractivity contribution < 1.29 is 9.63 Å². The lowest BCUT2D eigenvalue weighted by Crippen LogP contribution is -2.22. The third kappa shape index (κ3) is 1.21. The molecule has 0 bridgehead atoms. The second kappa shape index (κ2) is 2.35. The predicted octanol–water partition coefficient (Wildman–Crippen LogP) is 0.320. The topological polar surface area (TPSA) is 38.3 Å². The lowest BCUT2D eigenvalue weighted by atomic mass is 9.97. The zero-order valence-corrected chi connectivity index (χ0v) is 5.68. The zero-order valence-electron chi connectivity index (χ0n) is 5.68. The Hall–Kier alpha value is -0.570. The van der Waals surface area contributed by atoms with E-state index in [0.717, 1.165) is 0 Å². The molecule has 1 fully saturated rings. The maximum Gasteiger partial charge on any atom is 0.249 e. The third-order valence-electron chi connectivity index (χ3n) is 1.58. The Labute approximate surface area is 54.3 Å². The van der Waals surface area contributed by atoms with E-state index in [1.807, 2.05) is 13.8 Å². The van der Waals surface area contributed by atoms with E-state index in [-0.39, 0.29) is 11.8 Å². The fraction of sp³-hybridized carbons (Fsp3) is 0.833. The molecule has 1 aliphatic rings. The van der Waals surface area contributed by atoms with Crippen molar-refractivity contribution in [1.82, 2.24) is 5.48 Å². The normalized spacial score (nSPS) is 27.0. The van der Waals surface area contributed by atoms with E-state index in [4.69, 9.17) is 4.84 Å². The number of amides is 1. The SMILES string of the molecule is CC(C)[C@H]1CONC1=O. The molecule has 0 aliphatic carbocycles. The largest absolute Gasteiger partial charge is 0.273 e. The first kappa shape index (κ1) is 6.55. The summed E-state index contributed by atoms with van der Waals surface area (Å²) in [4.78, 5) is 15.5. The van der Waals surface area contributed by atoms with Crippen molar-refractivity contribution >= 4 is 5.91 Å². The third-order valence-corrected chi connectivity index (χ3v) is 1.58. The molecule has 0 spiro atoms. The minimum Gasteiger partial charge on any atom is -0.273 e. The first-order valence-electron chi connectivity index (χ1n) is 3.13. The van der Waals surface area contributed by atoms with Crippen LogP contribution in [0.2, 0.25) is 0 Å². The Kier molecular flexibility index (Phi) is 1.71. The van der Waals surface area contributed by atoms with E-state index in [9.17, 15) is 4.79 Å². The number of carbonyl (C=O) groups excluding carboxylic acids is 1. The van der Waals surface area contributed by atoms with Crippen LogP contribution in [0, 0.1) is 11.8 Å². The first-order chi connectivity index (χ1) is 4.22. The molecule has 1 heterocycles. The zero-order chi connectivity index (χ0) is 6.85. The van der Waals surface area contributed by atoms with Gasteiger partial charge < -0.3 is 0 Å². The highest BCUT2D eigenvalue weighted by molar-refractivity contribution is 5.79. The molecule has 0 aromatic rings. The van der Waals surface area contributed by atoms with Crippen LogP contribution >= 0.6 is 0 Å². The van der Waals surface area contributed by atoms with Gasteiger partial charge in [-0.3, -0.25) is 9.63 Å². The lowest BCUT2D eigenvalue weighted by molar-refractivity contribution is -0.126. The summed E-state index contributed by atoms with van der Waals surface area (Å²) in [5.41, 5.74) is 2.31. The molecule has 0 radical (unpaired) electrons. The lowest BCUT2D eigenvalue weighted by Gasteiger charge is -2.06. The Morgan fingerprint density at radius 1 is 1.78 bits per heavy atom. The van der Waals surface area contributed by atoms with Gasteiger partial charge in [-0.1, -0.05) is 13.8 Å². The van der Waals surface area contributed by atoms with Gasteiger partial charge in [-0.2, -0.15) is 0 Å². The average Bonchev–Trinajstić information content (AvgIpc) is 2.13. The molecule has 1 atom stereocenters. The van der Waals surface area contributed by atoms with E-state index in [0.29, 0.717) is 12.5 Å². The van der Waals surface area contributed by atoms with Gasteiger partial charge in [0.25, 0.3) is 0 Å². The predicted molar refractivity (Wildman–Crippen MR) is 32.4 cm³/mol. The molecule has 0 unspecified atom stereocenters. The molecular weight excluding hydrogens is 118 g/mol. The molecule has 1 amide bonds. The number of nitrogens with one attached hydrogen (secondary N) is 1. The highest BCUT2D eigenvalue weighted by atomic mass is 16.7. The summed E-state index contributed by atoms with van der Waals surface area (Å²) >= 11 is 0. The van der Waals surface area contributed by atoms with Crippen LogP contribution in [0.15, 0.2) is 0 Å². The second-order valence-electron chi connectivity index (χ2n) is 2.63. The van der Waals surface area contributed by atoms with Crippen LogP contribution in [-0.4, -0.2) is 12.5 Å². The molecule has 1 rings (SSSR count). The van der Waals surface area contributed by atoms with Crippen LogP contribution in [0.3, 0.4) is 0 Å². The minimum absolute atomic E-state index is 0.0185. The van der Waals surface area contributed by atoms with Gasteiger partial charge in [0.2, 0.25) is 5.91 Å². The van der Waals surface area contributed by atoms with E-state index < -0.39 is 0 Å². The molecule has 52 valence electrons. The van der Waals surface area contributed by atoms with Crippen molar-refractivity contribution in [2.45, 2.75) is 13.8 Å². The van der Waals surface area contributed by atoms with Crippen LogP contribution in [0.25, 0.3) is 0 Å². The summed E-state index contributed by atoms with van der Waals surface area (Å²) in [5, 5.41) is 0. The second-order valence-corrected chi connectivity index (χ2v) is 2.63. The molecular formula is C6H11NO2. The van der Waals surface area contributed by atoms with Crippen LogP contribution in [-0.2, 0) is 9.63 Å². The highest BCUT2D eigenvalue weighted by Gasteiger charge is 2.27. The van der Waals surface area contributed by atoms with E-state index in [1.165, 1.54) is 0 Å². The summed E-state index contributed by atoms with van der Waals surface area (Å²) < 4.78 is 0. The van der Waals surface area contributed by atoms with Gasteiger partial charge in [-0.05, 0) is 5.92 Å². The fourth-order valence-electron chi connectivity index (χ4n) is 0.849. The average molecular weight is 129 g/mol. The van der Waals surface area contributed by atoms with E-state index in [2.05, 4.69) is 5.48 Å². The first-order valence-corrected chi connectivity index (χ1v) is 3.13. The molecule has 3 heteroatoms. The molecule has 1 saturated heterocycles. The van der Waals surface area contributed by atoms with Crippen molar-refractivity contribution in [2.24, 2.45) is 11.8 Å².